The fraction of sp³-hybridized carbons (Fsp3) is 0.188. The quantitative estimate of drug-likeness (QED) is 0.667. The average Bonchev–Trinajstić information content (AvgIpc) is 2.43. The van der Waals surface area contributed by atoms with Crippen molar-refractivity contribution in [1.29, 1.82) is 0 Å². The van der Waals surface area contributed by atoms with E-state index in [1.54, 1.807) is 6.07 Å². The normalized spacial score (nSPS) is 10.4. The van der Waals surface area contributed by atoms with Crippen LogP contribution >= 0.6 is 31.9 Å². The van der Waals surface area contributed by atoms with E-state index in [-0.39, 0.29) is 5.78 Å². The van der Waals surface area contributed by atoms with Crippen molar-refractivity contribution in [1.82, 2.24) is 0 Å². The second kappa shape index (κ2) is 6.55. The van der Waals surface area contributed by atoms with Gasteiger partial charge in [0, 0.05) is 14.5 Å². The van der Waals surface area contributed by atoms with E-state index in [9.17, 15) is 4.79 Å². The van der Waals surface area contributed by atoms with Crippen LogP contribution in [0.5, 0.6) is 5.75 Å². The minimum absolute atomic E-state index is 0.0337. The fourth-order valence-electron chi connectivity index (χ4n) is 1.94. The van der Waals surface area contributed by atoms with Crippen LogP contribution in [0.15, 0.2) is 45.3 Å². The van der Waals surface area contributed by atoms with Gasteiger partial charge in [0.25, 0.3) is 0 Å². The number of carbonyl (C=O) groups is 1. The van der Waals surface area contributed by atoms with Crippen molar-refractivity contribution in [3.63, 3.8) is 0 Å². The molecule has 0 fully saturated rings. The van der Waals surface area contributed by atoms with E-state index in [1.165, 1.54) is 0 Å². The molecule has 0 aliphatic heterocycles. The number of aryl methyl sites for hydroxylation is 1. The molecule has 20 heavy (non-hydrogen) atoms. The summed E-state index contributed by atoms with van der Waals surface area (Å²) in [4.78, 5) is 12.7. The Morgan fingerprint density at radius 3 is 2.30 bits per heavy atom. The number of benzene rings is 2. The van der Waals surface area contributed by atoms with Crippen LogP contribution in [0.4, 0.5) is 0 Å². The molecule has 0 aliphatic carbocycles. The van der Waals surface area contributed by atoms with E-state index >= 15 is 0 Å². The first-order chi connectivity index (χ1) is 9.52. The van der Waals surface area contributed by atoms with Gasteiger partial charge in [-0.1, -0.05) is 37.9 Å². The molecule has 4 heteroatoms. The lowest BCUT2D eigenvalue weighted by Crippen LogP contribution is -2.07. The molecule has 0 aliphatic rings. The van der Waals surface area contributed by atoms with Gasteiger partial charge in [0.2, 0.25) is 0 Å². The number of ketones is 1. The highest BCUT2D eigenvalue weighted by atomic mass is 79.9. The molecule has 104 valence electrons. The molecular formula is C16H14Br2O2. The monoisotopic (exact) mass is 396 g/mol. The summed E-state index contributed by atoms with van der Waals surface area (Å²) < 4.78 is 7.30. The Morgan fingerprint density at radius 1 is 1.05 bits per heavy atom. The van der Waals surface area contributed by atoms with Crippen LogP contribution in [0.25, 0.3) is 0 Å². The highest BCUT2D eigenvalue weighted by Gasteiger charge is 2.17. The van der Waals surface area contributed by atoms with Gasteiger partial charge in [-0.3, -0.25) is 4.79 Å². The molecule has 0 radical (unpaired) electrons. The predicted molar refractivity (Wildman–Crippen MR) is 87.6 cm³/mol. The Hall–Kier alpha value is -1.13. The Labute approximate surface area is 135 Å². The van der Waals surface area contributed by atoms with Crippen LogP contribution in [-0.4, -0.2) is 12.4 Å². The van der Waals surface area contributed by atoms with E-state index in [0.717, 1.165) is 14.5 Å². The zero-order chi connectivity index (χ0) is 14.7. The lowest BCUT2D eigenvalue weighted by Gasteiger charge is -2.11. The largest absolute Gasteiger partial charge is 0.493 e. The van der Waals surface area contributed by atoms with Crippen LogP contribution in [0, 0.1) is 6.92 Å². The molecule has 0 saturated carbocycles. The standard InChI is InChI=1S/C16H14Br2O2/c1-3-20-15-7-6-12(18)9-14(15)16(19)13-8-11(17)5-4-10(13)2/h4-9H,3H2,1-2H3. The number of hydrogen-bond donors (Lipinski definition) is 0. The maximum Gasteiger partial charge on any atom is 0.197 e. The number of rotatable bonds is 4. The van der Waals surface area contributed by atoms with Crippen molar-refractivity contribution in [2.45, 2.75) is 13.8 Å². The van der Waals surface area contributed by atoms with Gasteiger partial charge in [-0.15, -0.1) is 0 Å². The highest BCUT2D eigenvalue weighted by molar-refractivity contribution is 9.10. The van der Waals surface area contributed by atoms with Crippen LogP contribution < -0.4 is 4.74 Å². The van der Waals surface area contributed by atoms with Crippen LogP contribution in [0.3, 0.4) is 0 Å². The number of ether oxygens (including phenoxy) is 1. The van der Waals surface area contributed by atoms with Gasteiger partial charge in [0.15, 0.2) is 5.78 Å². The SMILES string of the molecule is CCOc1ccc(Br)cc1C(=O)c1cc(Br)ccc1C. The highest BCUT2D eigenvalue weighted by Crippen LogP contribution is 2.28. The van der Waals surface area contributed by atoms with Gasteiger partial charge in [-0.25, -0.2) is 0 Å². The van der Waals surface area contributed by atoms with Crippen molar-refractivity contribution in [3.05, 3.63) is 62.0 Å². The molecule has 0 spiro atoms. The van der Waals surface area contributed by atoms with Crippen LogP contribution in [-0.2, 0) is 0 Å². The molecule has 2 aromatic rings. The first kappa shape index (κ1) is 15.3. The third kappa shape index (κ3) is 3.30. The minimum Gasteiger partial charge on any atom is -0.493 e. The molecule has 2 aromatic carbocycles. The summed E-state index contributed by atoms with van der Waals surface area (Å²) in [7, 11) is 0. The molecule has 0 amide bonds. The van der Waals surface area contributed by atoms with Crippen molar-refractivity contribution < 1.29 is 9.53 Å². The lowest BCUT2D eigenvalue weighted by atomic mass is 9.98. The number of halogens is 2. The van der Waals surface area contributed by atoms with Crippen LogP contribution in [0.2, 0.25) is 0 Å². The summed E-state index contributed by atoms with van der Waals surface area (Å²) in [6.07, 6.45) is 0. The zero-order valence-electron chi connectivity index (χ0n) is 11.2. The summed E-state index contributed by atoms with van der Waals surface area (Å²) in [5, 5.41) is 0. The molecule has 0 aromatic heterocycles. The zero-order valence-corrected chi connectivity index (χ0v) is 14.4. The van der Waals surface area contributed by atoms with Crippen molar-refractivity contribution in [3.8, 4) is 5.75 Å². The minimum atomic E-state index is -0.0337. The summed E-state index contributed by atoms with van der Waals surface area (Å²) in [6.45, 7) is 4.36. The first-order valence-corrected chi connectivity index (χ1v) is 7.84. The first-order valence-electron chi connectivity index (χ1n) is 6.26. The molecule has 0 atom stereocenters. The van der Waals surface area contributed by atoms with Gasteiger partial charge < -0.3 is 4.74 Å². The molecule has 2 nitrogen and oxygen atoms in total. The lowest BCUT2D eigenvalue weighted by molar-refractivity contribution is 0.103. The molecule has 0 bridgehead atoms. The van der Waals surface area contributed by atoms with Gasteiger partial charge in [-0.05, 0) is 49.7 Å². The third-order valence-electron chi connectivity index (χ3n) is 2.93. The van der Waals surface area contributed by atoms with Gasteiger partial charge in [0.1, 0.15) is 5.75 Å². The summed E-state index contributed by atoms with van der Waals surface area (Å²) >= 11 is 6.81. The average molecular weight is 398 g/mol. The molecular weight excluding hydrogens is 384 g/mol. The molecule has 0 heterocycles. The molecule has 0 saturated heterocycles. The molecule has 0 N–H and O–H groups in total. The van der Waals surface area contributed by atoms with E-state index < -0.39 is 0 Å². The third-order valence-corrected chi connectivity index (χ3v) is 3.92. The van der Waals surface area contributed by atoms with Gasteiger partial charge in [-0.2, -0.15) is 0 Å². The van der Waals surface area contributed by atoms with Crippen molar-refractivity contribution >= 4 is 37.6 Å². The molecule has 0 unspecified atom stereocenters. The van der Waals surface area contributed by atoms with Crippen molar-refractivity contribution in [2.75, 3.05) is 6.61 Å². The summed E-state index contributed by atoms with van der Waals surface area (Å²) in [6, 6.07) is 11.2. The second-order valence-electron chi connectivity index (χ2n) is 4.36. The van der Waals surface area contributed by atoms with E-state index in [4.69, 9.17) is 4.74 Å². The topological polar surface area (TPSA) is 26.3 Å². The van der Waals surface area contributed by atoms with Crippen molar-refractivity contribution in [2.24, 2.45) is 0 Å². The van der Waals surface area contributed by atoms with Gasteiger partial charge >= 0.3 is 0 Å². The smallest absolute Gasteiger partial charge is 0.197 e. The maximum atomic E-state index is 12.7. The Kier molecular flexibility index (Phi) is 5.00. The van der Waals surface area contributed by atoms with E-state index in [2.05, 4.69) is 31.9 Å². The Bertz CT molecular complexity index is 651. The summed E-state index contributed by atoms with van der Waals surface area (Å²) in [5.41, 5.74) is 2.20. The van der Waals surface area contributed by atoms with Crippen LogP contribution in [0.1, 0.15) is 28.4 Å². The second-order valence-corrected chi connectivity index (χ2v) is 6.19. The fourth-order valence-corrected chi connectivity index (χ4v) is 2.67. The predicted octanol–water partition coefficient (Wildman–Crippen LogP) is 5.15. The molecule has 2 rings (SSSR count). The van der Waals surface area contributed by atoms with Gasteiger partial charge in [0.05, 0.1) is 12.2 Å². The Balaban J connectivity index is 2.52. The Morgan fingerprint density at radius 2 is 1.65 bits per heavy atom. The number of hydrogen-bond acceptors (Lipinski definition) is 2. The summed E-state index contributed by atoms with van der Waals surface area (Å²) in [5.74, 6) is 0.577. The maximum absolute atomic E-state index is 12.7. The van der Waals surface area contributed by atoms with E-state index in [1.807, 2.05) is 44.2 Å². The number of carbonyl (C=O) groups excluding carboxylic acids is 1. The van der Waals surface area contributed by atoms with E-state index in [0.29, 0.717) is 23.5 Å².